The molecule has 0 aromatic heterocycles. The maximum absolute atomic E-state index is 1.71. The van der Waals surface area contributed by atoms with Gasteiger partial charge in [-0.1, -0.05) is 0 Å². The van der Waals surface area contributed by atoms with Gasteiger partial charge in [0.2, 0.25) is 0 Å². The molecule has 11 heavy (non-hydrogen) atoms. The van der Waals surface area contributed by atoms with Crippen LogP contribution in [0.25, 0.3) is 0 Å². The van der Waals surface area contributed by atoms with Gasteiger partial charge in [0.1, 0.15) is 0 Å². The number of rotatable bonds is 0. The first kappa shape index (κ1) is 6.89. The number of hydrogen-bond acceptors (Lipinski definition) is 0. The lowest BCUT2D eigenvalue weighted by atomic mass is 10.1. The van der Waals surface area contributed by atoms with E-state index >= 15 is 0 Å². The van der Waals surface area contributed by atoms with Crippen molar-refractivity contribution in [3.05, 3.63) is 0 Å². The van der Waals surface area contributed by atoms with Gasteiger partial charge in [-0.25, -0.2) is 0 Å². The Labute approximate surface area is 70.1 Å². The zero-order valence-electron chi connectivity index (χ0n) is 7.26. The molecule has 3 heterocycles. The van der Waals surface area contributed by atoms with Gasteiger partial charge in [0.25, 0.3) is 0 Å². The highest BCUT2D eigenvalue weighted by atomic mass is 31.2. The Hall–Kier alpha value is 0.430. The van der Waals surface area contributed by atoms with Crippen LogP contribution in [0.4, 0.5) is 0 Å². The van der Waals surface area contributed by atoms with Crippen LogP contribution in [0.15, 0.2) is 0 Å². The van der Waals surface area contributed by atoms with E-state index < -0.39 is 0 Å². The van der Waals surface area contributed by atoms with Gasteiger partial charge in [-0.3, -0.25) is 0 Å². The second-order valence-corrected chi connectivity index (χ2v) is 9.28. The molecular weight excluding hydrogens is 151 g/mol. The molecule has 1 spiro atoms. The largest absolute Gasteiger partial charge is 0.0703 e. The zero-order valence-corrected chi connectivity index (χ0v) is 8.15. The predicted molar refractivity (Wildman–Crippen MR) is 51.9 cm³/mol. The van der Waals surface area contributed by atoms with Crippen molar-refractivity contribution in [3.63, 3.8) is 0 Å². The second-order valence-electron chi connectivity index (χ2n) is 4.72. The van der Waals surface area contributed by atoms with Crippen molar-refractivity contribution >= 4 is 7.26 Å². The van der Waals surface area contributed by atoms with E-state index in [0.717, 1.165) is 0 Å². The van der Waals surface area contributed by atoms with E-state index in [-0.39, 0.29) is 7.26 Å². The van der Waals surface area contributed by atoms with Gasteiger partial charge in [0, 0.05) is 7.26 Å². The lowest BCUT2D eigenvalue weighted by Gasteiger charge is -2.21. The summed E-state index contributed by atoms with van der Waals surface area (Å²) in [7, 11) is -0.269. The van der Waals surface area contributed by atoms with E-state index in [1.165, 1.54) is 11.3 Å². The summed E-state index contributed by atoms with van der Waals surface area (Å²) < 4.78 is 0. The van der Waals surface area contributed by atoms with Crippen molar-refractivity contribution in [3.8, 4) is 0 Å². The molecule has 0 aromatic rings. The Balaban J connectivity index is 1.97. The van der Waals surface area contributed by atoms with Crippen LogP contribution in [0, 0.1) is 0 Å². The average Bonchev–Trinajstić information content (AvgIpc) is 2.55. The van der Waals surface area contributed by atoms with E-state index in [0.29, 0.717) is 0 Å². The third-order valence-corrected chi connectivity index (χ3v) is 10.8. The summed E-state index contributed by atoms with van der Waals surface area (Å²) in [6.45, 7) is 0. The molecule has 1 heteroatoms. The van der Waals surface area contributed by atoms with Gasteiger partial charge < -0.3 is 0 Å². The molecule has 62 valence electrons. The monoisotopic (exact) mass is 169 g/mol. The zero-order chi connectivity index (χ0) is 7.31. The van der Waals surface area contributed by atoms with E-state index in [9.17, 15) is 0 Å². The van der Waals surface area contributed by atoms with Gasteiger partial charge in [-0.05, 0) is 38.5 Å². The lowest BCUT2D eigenvalue weighted by molar-refractivity contribution is 0.657. The Bertz CT molecular complexity index is 156. The summed E-state index contributed by atoms with van der Waals surface area (Å²) in [5.41, 5.74) is 2.57. The fourth-order valence-corrected chi connectivity index (χ4v) is 10.6. The summed E-state index contributed by atoms with van der Waals surface area (Å²) in [4.78, 5) is 0. The van der Waals surface area contributed by atoms with Crippen molar-refractivity contribution in [1.29, 1.82) is 0 Å². The van der Waals surface area contributed by atoms with Crippen molar-refractivity contribution in [1.82, 2.24) is 0 Å². The Kier molecular flexibility index (Phi) is 1.39. The molecule has 0 aliphatic carbocycles. The molecule has 3 aliphatic rings. The molecule has 3 saturated heterocycles. The van der Waals surface area contributed by atoms with Crippen LogP contribution < -0.4 is 0 Å². The van der Waals surface area contributed by atoms with Gasteiger partial charge in [0.15, 0.2) is 0 Å². The summed E-state index contributed by atoms with van der Waals surface area (Å²) >= 11 is 0. The highest BCUT2D eigenvalue weighted by Crippen LogP contribution is 2.81. The molecule has 2 atom stereocenters. The maximum Gasteiger partial charge on any atom is 0.0703 e. The van der Waals surface area contributed by atoms with Gasteiger partial charge in [-0.15, -0.1) is 0 Å². The summed E-state index contributed by atoms with van der Waals surface area (Å²) in [5.74, 6) is 0. The van der Waals surface area contributed by atoms with E-state index in [1.807, 2.05) is 0 Å². The third-order valence-electron chi connectivity index (χ3n) is 4.51. The van der Waals surface area contributed by atoms with Crippen LogP contribution in [0.3, 0.4) is 0 Å². The van der Waals surface area contributed by atoms with E-state index in [1.54, 1.807) is 50.8 Å². The molecule has 2 unspecified atom stereocenters. The molecule has 0 radical (unpaired) electrons. The van der Waals surface area contributed by atoms with Crippen LogP contribution in [-0.2, 0) is 0 Å². The molecule has 0 saturated carbocycles. The summed E-state index contributed by atoms with van der Waals surface area (Å²) in [6.07, 6.45) is 13.2. The highest BCUT2D eigenvalue weighted by molar-refractivity contribution is 7.78. The van der Waals surface area contributed by atoms with E-state index in [4.69, 9.17) is 0 Å². The standard InChI is InChI=1S/C10H18P/c1-3-9-5-6-10-4-2-8-11(9,10)7-1/h9-10H,1-8H2/q+1. The molecular formula is C10H18P+. The average molecular weight is 169 g/mol. The minimum atomic E-state index is -0.269. The number of hydrogen-bond donors (Lipinski definition) is 0. The summed E-state index contributed by atoms with van der Waals surface area (Å²) in [5, 5.41) is 0. The molecule has 3 rings (SSSR count). The topological polar surface area (TPSA) is 0 Å². The third kappa shape index (κ3) is 0.750. The first-order chi connectivity index (χ1) is 5.42. The van der Waals surface area contributed by atoms with Gasteiger partial charge in [0.05, 0.1) is 23.6 Å². The normalized spacial score (nSPS) is 54.5. The lowest BCUT2D eigenvalue weighted by Crippen LogP contribution is -2.06. The molecule has 0 nitrogen and oxygen atoms in total. The highest BCUT2D eigenvalue weighted by Gasteiger charge is 2.60. The minimum absolute atomic E-state index is 0.269. The molecule has 0 aromatic carbocycles. The van der Waals surface area contributed by atoms with Crippen LogP contribution in [0.2, 0.25) is 0 Å². The molecule has 0 bridgehead atoms. The predicted octanol–water partition coefficient (Wildman–Crippen LogP) is 3.12. The molecule has 0 N–H and O–H groups in total. The van der Waals surface area contributed by atoms with Crippen LogP contribution in [0.5, 0.6) is 0 Å². The quantitative estimate of drug-likeness (QED) is 0.489. The van der Waals surface area contributed by atoms with Crippen molar-refractivity contribution in [2.24, 2.45) is 0 Å². The Morgan fingerprint density at radius 3 is 1.82 bits per heavy atom. The van der Waals surface area contributed by atoms with Crippen molar-refractivity contribution < 1.29 is 0 Å². The maximum atomic E-state index is 1.71. The molecule has 3 fully saturated rings. The summed E-state index contributed by atoms with van der Waals surface area (Å²) in [6, 6.07) is 0. The smallest absolute Gasteiger partial charge is 0.0155 e. The first-order valence-corrected chi connectivity index (χ1v) is 7.58. The van der Waals surface area contributed by atoms with Crippen LogP contribution in [0.1, 0.15) is 38.5 Å². The van der Waals surface area contributed by atoms with Gasteiger partial charge in [-0.2, -0.15) is 0 Å². The SMILES string of the molecule is C1CC2CCC3CCC[P+]23C1. The van der Waals surface area contributed by atoms with Crippen LogP contribution >= 0.6 is 7.26 Å². The van der Waals surface area contributed by atoms with Crippen molar-refractivity contribution in [2.75, 3.05) is 12.3 Å². The fourth-order valence-electron chi connectivity index (χ4n) is 4.08. The Morgan fingerprint density at radius 1 is 0.727 bits per heavy atom. The minimum Gasteiger partial charge on any atom is -0.0155 e. The molecule has 3 aliphatic heterocycles. The van der Waals surface area contributed by atoms with Crippen molar-refractivity contribution in [2.45, 2.75) is 49.8 Å². The van der Waals surface area contributed by atoms with Gasteiger partial charge >= 0.3 is 0 Å². The first-order valence-electron chi connectivity index (χ1n) is 5.28. The second kappa shape index (κ2) is 2.22. The van der Waals surface area contributed by atoms with Crippen LogP contribution in [-0.4, -0.2) is 23.6 Å². The Morgan fingerprint density at radius 2 is 1.27 bits per heavy atom. The van der Waals surface area contributed by atoms with E-state index in [2.05, 4.69) is 0 Å². The molecule has 0 amide bonds. The fraction of sp³-hybridized carbons (Fsp3) is 1.00.